The van der Waals surface area contributed by atoms with E-state index in [0.717, 1.165) is 17.8 Å². The van der Waals surface area contributed by atoms with Crippen LogP contribution < -0.4 is 0 Å². The second-order valence-corrected chi connectivity index (χ2v) is 16.4. The fraction of sp³-hybridized carbons (Fsp3) is 0.194. The molecule has 0 atom stereocenters. The third-order valence-electron chi connectivity index (χ3n) is 10.3. The molecular formula is C62H57IrN4O. The molecule has 0 bridgehead atoms. The largest absolute Gasteiger partial charge is 3.00 e. The zero-order chi connectivity index (χ0) is 66.5. The normalized spacial score (nSPS) is 17.5. The Kier molecular flexibility index (Phi) is 8.57. The van der Waals surface area contributed by atoms with E-state index in [4.69, 9.17) is 35.9 Å². The molecule has 0 unspecified atom stereocenters. The van der Waals surface area contributed by atoms with E-state index in [9.17, 15) is 0 Å². The Morgan fingerprint density at radius 3 is 1.66 bits per heavy atom. The number of rotatable bonds is 6. The van der Waals surface area contributed by atoms with Gasteiger partial charge in [-0.15, -0.1) is 76.9 Å². The van der Waals surface area contributed by atoms with Crippen LogP contribution in [0, 0.1) is 71.6 Å². The molecule has 5 nitrogen and oxygen atoms in total. The van der Waals surface area contributed by atoms with Crippen LogP contribution in [0.5, 0.6) is 0 Å². The Balaban J connectivity index is 0.000000193. The van der Waals surface area contributed by atoms with Gasteiger partial charge in [0.15, 0.2) is 0 Å². The van der Waals surface area contributed by atoms with Gasteiger partial charge in [-0.1, -0.05) is 152 Å². The first-order valence-corrected chi connectivity index (χ1v) is 20.9. The van der Waals surface area contributed by atoms with Gasteiger partial charge in [0.25, 0.3) is 0 Å². The molecule has 10 aromatic rings. The van der Waals surface area contributed by atoms with Crippen molar-refractivity contribution in [3.8, 4) is 56.0 Å². The number of aromatic nitrogens is 4. The topological polar surface area (TPSA) is 64.7 Å². The first-order valence-electron chi connectivity index (χ1n) is 32.4. The molecule has 0 amide bonds. The summed E-state index contributed by atoms with van der Waals surface area (Å²) in [5, 5.41) is 1.48. The number of hydrogen-bond donors (Lipinski definition) is 0. The second-order valence-electron chi connectivity index (χ2n) is 16.4. The van der Waals surface area contributed by atoms with Crippen molar-refractivity contribution in [2.75, 3.05) is 0 Å². The molecule has 5 heterocycles. The quantitative estimate of drug-likeness (QED) is 0.155. The molecule has 10 rings (SSSR count). The Morgan fingerprint density at radius 2 is 1.13 bits per heavy atom. The SMILES string of the molecule is [2H]C([2H])([2H])c1c[c-]c(-c2cc(C([2H])([2H])[2H])c(C([2H])([2H])[2H])cn2)cc1-c1ccccc1.[2H]C([2H])([2H])c1c[c-]c(-c2cc(C([2H])([2H])[2H])c(C([2H])([2H])[2H])cn2)cc1-c1ccccc1.[2H]C([2H])([2H])c1ccc2c(n1)oc1c(-c3cc(C([2H])([2H])C(C)(C)C)ccn3)[c-]ccc12.[Ir+3]. The number of benzene rings is 5. The maximum absolute atomic E-state index is 8.55. The smallest absolute Gasteiger partial charge is 0.486 e. The van der Waals surface area contributed by atoms with Gasteiger partial charge in [-0.05, 0) is 104 Å². The van der Waals surface area contributed by atoms with Gasteiger partial charge in [-0.2, -0.15) is 0 Å². The van der Waals surface area contributed by atoms with Crippen molar-refractivity contribution in [2.24, 2.45) is 5.41 Å². The Morgan fingerprint density at radius 1 is 0.559 bits per heavy atom. The molecule has 340 valence electrons. The predicted octanol–water partition coefficient (Wildman–Crippen LogP) is 16.0. The summed E-state index contributed by atoms with van der Waals surface area (Å²) in [7, 11) is 0. The third kappa shape index (κ3) is 11.6. The molecule has 0 saturated carbocycles. The van der Waals surface area contributed by atoms with Gasteiger partial charge in [-0.25, -0.2) is 4.98 Å². The van der Waals surface area contributed by atoms with Crippen molar-refractivity contribution in [3.63, 3.8) is 0 Å². The fourth-order valence-electron chi connectivity index (χ4n) is 7.09. The predicted molar refractivity (Wildman–Crippen MR) is 278 cm³/mol. The van der Waals surface area contributed by atoms with Crippen molar-refractivity contribution in [3.05, 3.63) is 215 Å². The average Bonchev–Trinajstić information content (AvgIpc) is 1.79. The molecule has 6 heteroatoms. The Hall–Kier alpha value is -6.85. The van der Waals surface area contributed by atoms with E-state index in [1.807, 2.05) is 39.0 Å². The molecule has 5 aromatic heterocycles. The molecule has 0 aliphatic heterocycles. The molecular weight excluding hydrogens is 1010 g/mol. The summed E-state index contributed by atoms with van der Waals surface area (Å²) in [6, 6.07) is 45.1. The first kappa shape index (κ1) is 27.2. The minimum Gasteiger partial charge on any atom is -0.486 e. The molecule has 0 aliphatic rings. The molecule has 5 aromatic carbocycles. The van der Waals surface area contributed by atoms with Crippen molar-refractivity contribution in [1.29, 1.82) is 0 Å². The Labute approximate surface area is 448 Å². The fourth-order valence-corrected chi connectivity index (χ4v) is 7.09. The zero-order valence-electron chi connectivity index (χ0n) is 60.0. The minimum absolute atomic E-state index is 0. The monoisotopic (exact) mass is 1090 g/mol. The van der Waals surface area contributed by atoms with Gasteiger partial charge in [0.05, 0.1) is 5.58 Å². The van der Waals surface area contributed by atoms with E-state index >= 15 is 0 Å². The number of nitrogens with zero attached hydrogens (tertiary/aromatic N) is 4. The van der Waals surface area contributed by atoms with E-state index < -0.39 is 59.8 Å². The molecule has 0 aliphatic carbocycles. The van der Waals surface area contributed by atoms with Crippen LogP contribution in [0.1, 0.15) is 96.9 Å². The Bertz CT molecular complexity index is 4050. The summed E-state index contributed by atoms with van der Waals surface area (Å²) in [5.74, 6) is 0. The van der Waals surface area contributed by atoms with Gasteiger partial charge >= 0.3 is 20.1 Å². The van der Waals surface area contributed by atoms with Gasteiger partial charge in [0, 0.05) is 61.2 Å². The summed E-state index contributed by atoms with van der Waals surface area (Å²) in [4.78, 5) is 16.9. The summed E-state index contributed by atoms with van der Waals surface area (Å²) in [6.07, 6.45) is 2.09. The van der Waals surface area contributed by atoms with Crippen LogP contribution in [0.3, 0.4) is 0 Å². The molecule has 68 heavy (non-hydrogen) atoms. The maximum Gasteiger partial charge on any atom is 3.00 e. The van der Waals surface area contributed by atoms with Crippen LogP contribution in [0.4, 0.5) is 0 Å². The number of fused-ring (bicyclic) bond motifs is 3. The molecule has 0 fully saturated rings. The van der Waals surface area contributed by atoms with E-state index in [2.05, 4.69) is 38.1 Å². The van der Waals surface area contributed by atoms with Crippen LogP contribution >= 0.6 is 0 Å². The molecule has 0 radical (unpaired) electrons. The average molecular weight is 1090 g/mol. The first-order chi connectivity index (χ1) is 41.5. The zero-order valence-corrected chi connectivity index (χ0v) is 39.4. The van der Waals surface area contributed by atoms with Crippen molar-refractivity contribution >= 4 is 22.1 Å². The number of aryl methyl sites for hydroxylation is 7. The van der Waals surface area contributed by atoms with Gasteiger partial charge in [0.1, 0.15) is 0 Å². The van der Waals surface area contributed by atoms with E-state index in [0.29, 0.717) is 61.2 Å². The van der Waals surface area contributed by atoms with Crippen LogP contribution in [0.15, 0.2) is 156 Å². The molecule has 0 saturated heterocycles. The third-order valence-corrected chi connectivity index (χ3v) is 10.3. The van der Waals surface area contributed by atoms with E-state index in [1.54, 1.807) is 91.1 Å². The number of furan rings is 1. The maximum atomic E-state index is 8.55. The van der Waals surface area contributed by atoms with Gasteiger partial charge in [0.2, 0.25) is 5.71 Å². The standard InChI is InChI=1S/C22H21N2O.2C20H18N.Ir/c1-14-8-9-17-16-6-5-7-18(20(16)25-21(17)24-14)19-12-15(10-11-23-19)13-22(2,3)4;2*1-14-9-10-18(20-11-15(2)16(3)13-21-20)12-19(14)17-7-5-4-6-8-17;/h5-6,8-12H,13H2,1-4H3;2*4-9,11-13H,1-3H3;/q3*-1;+3/i1D3,13D2;2*1D3,2D3,3D3;. The second kappa shape index (κ2) is 21.4. The van der Waals surface area contributed by atoms with Crippen LogP contribution in [0.2, 0.25) is 0 Å². The van der Waals surface area contributed by atoms with Gasteiger partial charge in [-0.3, -0.25) is 0 Å². The van der Waals surface area contributed by atoms with Gasteiger partial charge < -0.3 is 19.4 Å². The van der Waals surface area contributed by atoms with Crippen LogP contribution in [-0.4, -0.2) is 19.9 Å². The number of pyridine rings is 4. The van der Waals surface area contributed by atoms with Crippen LogP contribution in [0.25, 0.3) is 78.1 Å². The number of hydrogen-bond acceptors (Lipinski definition) is 5. The molecule has 0 N–H and O–H groups in total. The van der Waals surface area contributed by atoms with Crippen molar-refractivity contribution in [2.45, 2.75) is 75.1 Å². The van der Waals surface area contributed by atoms with E-state index in [1.165, 1.54) is 30.3 Å². The van der Waals surface area contributed by atoms with Crippen molar-refractivity contribution < 1.29 is 56.0 Å². The summed E-state index contributed by atoms with van der Waals surface area (Å²) in [5.41, 5.74) is 3.98. The minimum atomic E-state index is -2.65. The van der Waals surface area contributed by atoms with Crippen LogP contribution in [-0.2, 0) is 26.5 Å². The van der Waals surface area contributed by atoms with E-state index in [-0.39, 0.29) is 76.3 Å². The summed E-state index contributed by atoms with van der Waals surface area (Å²) < 4.78 is 184. The summed E-state index contributed by atoms with van der Waals surface area (Å²) in [6.45, 7) is -12.1. The van der Waals surface area contributed by atoms with Crippen molar-refractivity contribution in [1.82, 2.24) is 19.9 Å². The molecule has 0 spiro atoms. The summed E-state index contributed by atoms with van der Waals surface area (Å²) >= 11 is 0.